The SMILES string of the molecule is CC(C)(C)OC(=O)N1C[C@H](CN(Cc2cccc(C#N)c2)c2ccc(Cl)cc2)[C@@H](Cc2ccccc2)C1. The van der Waals surface area contributed by atoms with Gasteiger partial charge in [0.05, 0.1) is 11.6 Å². The van der Waals surface area contributed by atoms with Crippen molar-refractivity contribution in [2.45, 2.75) is 39.3 Å². The van der Waals surface area contributed by atoms with Crippen molar-refractivity contribution in [3.05, 3.63) is 101 Å². The van der Waals surface area contributed by atoms with Crippen molar-refractivity contribution in [3.8, 4) is 6.07 Å². The van der Waals surface area contributed by atoms with E-state index < -0.39 is 5.60 Å². The lowest BCUT2D eigenvalue weighted by atomic mass is 9.89. The van der Waals surface area contributed by atoms with Gasteiger partial charge >= 0.3 is 6.09 Å². The van der Waals surface area contributed by atoms with Gasteiger partial charge in [0.2, 0.25) is 0 Å². The highest BCUT2D eigenvalue weighted by Crippen LogP contribution is 2.31. The molecule has 6 heteroatoms. The van der Waals surface area contributed by atoms with Gasteiger partial charge in [-0.2, -0.15) is 5.26 Å². The van der Waals surface area contributed by atoms with Crippen LogP contribution < -0.4 is 4.90 Å². The van der Waals surface area contributed by atoms with E-state index in [2.05, 4.69) is 35.2 Å². The van der Waals surface area contributed by atoms with Crippen molar-refractivity contribution in [1.82, 2.24) is 4.90 Å². The molecule has 0 unspecified atom stereocenters. The third kappa shape index (κ3) is 7.50. The Labute approximate surface area is 225 Å². The summed E-state index contributed by atoms with van der Waals surface area (Å²) < 4.78 is 5.72. The van der Waals surface area contributed by atoms with Crippen molar-refractivity contribution in [1.29, 1.82) is 5.26 Å². The molecule has 0 saturated carbocycles. The Bertz CT molecular complexity index is 1230. The van der Waals surface area contributed by atoms with Crippen LogP contribution in [0.2, 0.25) is 5.02 Å². The molecule has 37 heavy (non-hydrogen) atoms. The number of rotatable bonds is 7. The maximum absolute atomic E-state index is 13.0. The number of nitrogens with zero attached hydrogens (tertiary/aromatic N) is 3. The molecule has 0 radical (unpaired) electrons. The number of amides is 1. The van der Waals surface area contributed by atoms with E-state index >= 15 is 0 Å². The number of carbonyl (C=O) groups excluding carboxylic acids is 1. The fourth-order valence-corrected chi connectivity index (χ4v) is 5.05. The average Bonchev–Trinajstić information content (AvgIpc) is 3.26. The zero-order chi connectivity index (χ0) is 26.4. The molecule has 1 aliphatic rings. The Hall–Kier alpha value is -3.49. The first kappa shape index (κ1) is 26.6. The highest BCUT2D eigenvalue weighted by molar-refractivity contribution is 6.30. The molecular formula is C31H34ClN3O2. The highest BCUT2D eigenvalue weighted by atomic mass is 35.5. The molecule has 0 aromatic heterocycles. The topological polar surface area (TPSA) is 56.6 Å². The van der Waals surface area contributed by atoms with E-state index in [9.17, 15) is 10.1 Å². The molecular weight excluding hydrogens is 482 g/mol. The molecule has 1 amide bonds. The summed E-state index contributed by atoms with van der Waals surface area (Å²) in [7, 11) is 0. The standard InChI is InChI=1S/C31H34ClN3O2/c1-31(2,3)37-30(36)35-20-26(17-23-8-5-4-6-9-23)27(22-35)21-34(29-14-12-28(32)13-15-29)19-25-11-7-10-24(16-25)18-33/h4-16,26-27H,17,19-22H2,1-3H3/t26-,27-/m0/s1. The third-order valence-corrected chi connectivity index (χ3v) is 6.90. The van der Waals surface area contributed by atoms with Gasteiger partial charge < -0.3 is 14.5 Å². The van der Waals surface area contributed by atoms with Gasteiger partial charge in [-0.15, -0.1) is 0 Å². The van der Waals surface area contributed by atoms with E-state index in [1.807, 2.05) is 80.3 Å². The van der Waals surface area contributed by atoms with Gasteiger partial charge in [-0.3, -0.25) is 0 Å². The second-order valence-electron chi connectivity index (χ2n) is 10.8. The quantitative estimate of drug-likeness (QED) is 0.342. The lowest BCUT2D eigenvalue weighted by Crippen LogP contribution is -2.36. The molecule has 192 valence electrons. The van der Waals surface area contributed by atoms with E-state index in [1.54, 1.807) is 0 Å². The molecule has 0 bridgehead atoms. The largest absolute Gasteiger partial charge is 0.444 e. The van der Waals surface area contributed by atoms with Gasteiger partial charge in [0.1, 0.15) is 5.60 Å². The number of halogens is 1. The van der Waals surface area contributed by atoms with E-state index in [4.69, 9.17) is 16.3 Å². The van der Waals surface area contributed by atoms with Crippen LogP contribution in [0, 0.1) is 23.2 Å². The van der Waals surface area contributed by atoms with E-state index in [0.717, 1.165) is 24.2 Å². The number of carbonyl (C=O) groups is 1. The van der Waals surface area contributed by atoms with Gasteiger partial charge in [-0.25, -0.2) is 4.79 Å². The molecule has 1 saturated heterocycles. The van der Waals surface area contributed by atoms with Crippen molar-refractivity contribution in [3.63, 3.8) is 0 Å². The Balaban J connectivity index is 1.60. The molecule has 1 fully saturated rings. The fraction of sp³-hybridized carbons (Fsp3) is 0.355. The van der Waals surface area contributed by atoms with Crippen LogP contribution in [-0.4, -0.2) is 36.2 Å². The van der Waals surface area contributed by atoms with Gasteiger partial charge in [-0.05, 0) is 86.6 Å². The first-order chi connectivity index (χ1) is 17.7. The summed E-state index contributed by atoms with van der Waals surface area (Å²) in [6, 6.07) is 28.3. The summed E-state index contributed by atoms with van der Waals surface area (Å²) in [6.45, 7) is 8.40. The lowest BCUT2D eigenvalue weighted by molar-refractivity contribution is 0.0284. The Morgan fingerprint density at radius 2 is 1.68 bits per heavy atom. The lowest BCUT2D eigenvalue weighted by Gasteiger charge is -2.30. The maximum atomic E-state index is 13.0. The summed E-state index contributed by atoms with van der Waals surface area (Å²) in [5, 5.41) is 10.1. The second-order valence-corrected chi connectivity index (χ2v) is 11.2. The molecule has 1 aliphatic heterocycles. The number of ether oxygens (including phenoxy) is 1. The summed E-state index contributed by atoms with van der Waals surface area (Å²) in [4.78, 5) is 17.2. The number of benzene rings is 3. The van der Waals surface area contributed by atoms with Crippen LogP contribution in [-0.2, 0) is 17.7 Å². The predicted octanol–water partition coefficient (Wildman–Crippen LogP) is 6.94. The van der Waals surface area contributed by atoms with Crippen molar-refractivity contribution < 1.29 is 9.53 Å². The van der Waals surface area contributed by atoms with Gasteiger partial charge in [0, 0.05) is 36.9 Å². The molecule has 5 nitrogen and oxygen atoms in total. The minimum atomic E-state index is -0.537. The summed E-state index contributed by atoms with van der Waals surface area (Å²) in [5.74, 6) is 0.526. The van der Waals surface area contributed by atoms with Crippen LogP contribution in [0.15, 0.2) is 78.9 Å². The first-order valence-corrected chi connectivity index (χ1v) is 13.1. The van der Waals surface area contributed by atoms with Crippen molar-refractivity contribution in [2.75, 3.05) is 24.5 Å². The van der Waals surface area contributed by atoms with Crippen LogP contribution in [0.3, 0.4) is 0 Å². The number of nitriles is 1. The van der Waals surface area contributed by atoms with Crippen LogP contribution in [0.25, 0.3) is 0 Å². The smallest absolute Gasteiger partial charge is 0.410 e. The normalized spacial score (nSPS) is 17.3. The Kier molecular flexibility index (Phi) is 8.41. The molecule has 2 atom stereocenters. The zero-order valence-electron chi connectivity index (χ0n) is 21.7. The van der Waals surface area contributed by atoms with Gasteiger partial charge in [0.15, 0.2) is 0 Å². The monoisotopic (exact) mass is 515 g/mol. The number of hydrogen-bond acceptors (Lipinski definition) is 4. The molecule has 3 aromatic rings. The Morgan fingerprint density at radius 3 is 2.35 bits per heavy atom. The predicted molar refractivity (Wildman–Crippen MR) is 149 cm³/mol. The number of likely N-dealkylation sites (tertiary alicyclic amines) is 1. The molecule has 4 rings (SSSR count). The first-order valence-electron chi connectivity index (χ1n) is 12.7. The summed E-state index contributed by atoms with van der Waals surface area (Å²) in [5.41, 5.74) is 3.50. The molecule has 3 aromatic carbocycles. The molecule has 0 N–H and O–H groups in total. The third-order valence-electron chi connectivity index (χ3n) is 6.65. The van der Waals surface area contributed by atoms with Crippen LogP contribution in [0.1, 0.15) is 37.5 Å². The van der Waals surface area contributed by atoms with Crippen molar-refractivity contribution in [2.24, 2.45) is 11.8 Å². The van der Waals surface area contributed by atoms with E-state index in [-0.39, 0.29) is 17.9 Å². The summed E-state index contributed by atoms with van der Waals surface area (Å²) >= 11 is 6.19. The van der Waals surface area contributed by atoms with Crippen molar-refractivity contribution >= 4 is 23.4 Å². The van der Waals surface area contributed by atoms with Crippen LogP contribution in [0.4, 0.5) is 10.5 Å². The number of hydrogen-bond donors (Lipinski definition) is 0. The zero-order valence-corrected chi connectivity index (χ0v) is 22.5. The molecule has 0 aliphatic carbocycles. The van der Waals surface area contributed by atoms with Crippen LogP contribution >= 0.6 is 11.6 Å². The Morgan fingerprint density at radius 1 is 1.00 bits per heavy atom. The van der Waals surface area contributed by atoms with E-state index in [1.165, 1.54) is 5.56 Å². The summed E-state index contributed by atoms with van der Waals surface area (Å²) in [6.07, 6.45) is 0.635. The molecule has 0 spiro atoms. The second kappa shape index (κ2) is 11.7. The minimum absolute atomic E-state index is 0.238. The van der Waals surface area contributed by atoms with Crippen LogP contribution in [0.5, 0.6) is 0 Å². The molecule has 1 heterocycles. The minimum Gasteiger partial charge on any atom is -0.444 e. The van der Waals surface area contributed by atoms with Gasteiger partial charge in [-0.1, -0.05) is 54.1 Å². The maximum Gasteiger partial charge on any atom is 0.410 e. The number of anilines is 1. The van der Waals surface area contributed by atoms with E-state index in [0.29, 0.717) is 30.2 Å². The van der Waals surface area contributed by atoms with Gasteiger partial charge in [0.25, 0.3) is 0 Å². The fourth-order valence-electron chi connectivity index (χ4n) is 4.93. The average molecular weight is 516 g/mol. The highest BCUT2D eigenvalue weighted by Gasteiger charge is 2.38.